The smallest absolute Gasteiger partial charge is 0.243 e. The SMILES string of the molecule is C[C@@H](N)c1nc(-c2cnc3ccsc3c2)no1. The van der Waals surface area contributed by atoms with E-state index < -0.39 is 0 Å². The van der Waals surface area contributed by atoms with Crippen molar-refractivity contribution in [2.24, 2.45) is 5.73 Å². The third kappa shape index (κ3) is 1.81. The largest absolute Gasteiger partial charge is 0.337 e. The van der Waals surface area contributed by atoms with Gasteiger partial charge in [0, 0.05) is 11.8 Å². The van der Waals surface area contributed by atoms with Crippen LogP contribution in [-0.4, -0.2) is 15.1 Å². The lowest BCUT2D eigenvalue weighted by Gasteiger charge is -1.94. The lowest BCUT2D eigenvalue weighted by Crippen LogP contribution is -2.04. The van der Waals surface area contributed by atoms with E-state index in [1.54, 1.807) is 24.5 Å². The third-order valence-electron chi connectivity index (χ3n) is 2.39. The Bertz CT molecular complexity index is 658. The molecule has 0 saturated carbocycles. The number of rotatable bonds is 2. The van der Waals surface area contributed by atoms with Crippen molar-refractivity contribution in [3.8, 4) is 11.4 Å². The highest BCUT2D eigenvalue weighted by atomic mass is 32.1. The predicted octanol–water partition coefficient (Wildman–Crippen LogP) is 2.37. The summed E-state index contributed by atoms with van der Waals surface area (Å²) in [6.45, 7) is 1.80. The van der Waals surface area contributed by atoms with E-state index in [1.807, 2.05) is 17.5 Å². The lowest BCUT2D eigenvalue weighted by molar-refractivity contribution is 0.362. The van der Waals surface area contributed by atoms with Crippen LogP contribution in [0.4, 0.5) is 0 Å². The molecule has 3 heterocycles. The first-order chi connectivity index (χ1) is 8.24. The Morgan fingerprint density at radius 2 is 2.35 bits per heavy atom. The fraction of sp³-hybridized carbons (Fsp3) is 0.182. The van der Waals surface area contributed by atoms with Crippen LogP contribution in [-0.2, 0) is 0 Å². The zero-order valence-electron chi connectivity index (χ0n) is 9.12. The summed E-state index contributed by atoms with van der Waals surface area (Å²) in [6, 6.07) is 3.73. The van der Waals surface area contributed by atoms with Crippen molar-refractivity contribution in [1.29, 1.82) is 0 Å². The molecule has 0 aliphatic heterocycles. The molecule has 0 saturated heterocycles. The van der Waals surface area contributed by atoms with E-state index in [1.165, 1.54) is 0 Å². The molecule has 0 fully saturated rings. The van der Waals surface area contributed by atoms with Crippen molar-refractivity contribution >= 4 is 21.6 Å². The molecule has 0 bridgehead atoms. The molecule has 0 unspecified atom stereocenters. The number of aromatic nitrogens is 3. The van der Waals surface area contributed by atoms with Gasteiger partial charge in [-0.25, -0.2) is 0 Å². The van der Waals surface area contributed by atoms with Gasteiger partial charge < -0.3 is 10.3 Å². The minimum absolute atomic E-state index is 0.255. The molecule has 3 aromatic heterocycles. The second-order valence-corrected chi connectivity index (χ2v) is 4.72. The van der Waals surface area contributed by atoms with E-state index >= 15 is 0 Å². The van der Waals surface area contributed by atoms with E-state index in [0.717, 1.165) is 15.8 Å². The van der Waals surface area contributed by atoms with Gasteiger partial charge in [0.05, 0.1) is 16.3 Å². The normalized spacial score (nSPS) is 13.1. The van der Waals surface area contributed by atoms with Crippen LogP contribution in [0.2, 0.25) is 0 Å². The quantitative estimate of drug-likeness (QED) is 0.751. The number of nitrogens with zero attached hydrogens (tertiary/aromatic N) is 3. The van der Waals surface area contributed by atoms with Crippen molar-refractivity contribution in [3.63, 3.8) is 0 Å². The number of pyridine rings is 1. The Kier molecular flexibility index (Phi) is 2.38. The molecule has 3 rings (SSSR count). The minimum atomic E-state index is -0.255. The molecular formula is C11H10N4OS. The van der Waals surface area contributed by atoms with E-state index in [2.05, 4.69) is 15.1 Å². The van der Waals surface area contributed by atoms with E-state index in [4.69, 9.17) is 10.3 Å². The van der Waals surface area contributed by atoms with E-state index in [9.17, 15) is 0 Å². The number of hydrogen-bond donors (Lipinski definition) is 1. The zero-order valence-corrected chi connectivity index (χ0v) is 9.94. The molecule has 0 spiro atoms. The second-order valence-electron chi connectivity index (χ2n) is 3.77. The highest BCUT2D eigenvalue weighted by molar-refractivity contribution is 7.17. The summed E-state index contributed by atoms with van der Waals surface area (Å²) >= 11 is 1.64. The first-order valence-corrected chi connectivity index (χ1v) is 6.05. The molecule has 1 atom stereocenters. The maximum atomic E-state index is 5.67. The van der Waals surface area contributed by atoms with Gasteiger partial charge in [0.25, 0.3) is 0 Å². The number of fused-ring (bicyclic) bond motifs is 1. The fourth-order valence-corrected chi connectivity index (χ4v) is 2.29. The highest BCUT2D eigenvalue weighted by Gasteiger charge is 2.12. The van der Waals surface area contributed by atoms with Crippen LogP contribution in [0.25, 0.3) is 21.6 Å². The summed E-state index contributed by atoms with van der Waals surface area (Å²) in [4.78, 5) is 8.56. The van der Waals surface area contributed by atoms with Gasteiger partial charge in [-0.1, -0.05) is 5.16 Å². The van der Waals surface area contributed by atoms with Crippen molar-refractivity contribution in [3.05, 3.63) is 29.6 Å². The van der Waals surface area contributed by atoms with E-state index in [-0.39, 0.29) is 6.04 Å². The molecule has 2 N–H and O–H groups in total. The molecule has 86 valence electrons. The van der Waals surface area contributed by atoms with Gasteiger partial charge in [-0.15, -0.1) is 11.3 Å². The predicted molar refractivity (Wildman–Crippen MR) is 65.5 cm³/mol. The maximum Gasteiger partial charge on any atom is 0.243 e. The number of hydrogen-bond acceptors (Lipinski definition) is 6. The molecule has 0 radical (unpaired) electrons. The van der Waals surface area contributed by atoms with Crippen LogP contribution in [0.1, 0.15) is 18.9 Å². The number of thiophene rings is 1. The molecule has 6 heteroatoms. The Balaban J connectivity index is 2.06. The third-order valence-corrected chi connectivity index (χ3v) is 3.25. The van der Waals surface area contributed by atoms with Crippen LogP contribution >= 0.6 is 11.3 Å². The molecular weight excluding hydrogens is 236 g/mol. The van der Waals surface area contributed by atoms with Gasteiger partial charge in [0.15, 0.2) is 0 Å². The lowest BCUT2D eigenvalue weighted by atomic mass is 10.2. The van der Waals surface area contributed by atoms with Gasteiger partial charge in [-0.2, -0.15) is 4.98 Å². The van der Waals surface area contributed by atoms with Gasteiger partial charge in [0.1, 0.15) is 0 Å². The van der Waals surface area contributed by atoms with Crippen LogP contribution in [0, 0.1) is 0 Å². The summed E-state index contributed by atoms with van der Waals surface area (Å²) in [5, 5.41) is 5.90. The zero-order chi connectivity index (χ0) is 11.8. The fourth-order valence-electron chi connectivity index (χ4n) is 1.51. The Hall–Kier alpha value is -1.79. The van der Waals surface area contributed by atoms with Crippen molar-refractivity contribution < 1.29 is 4.52 Å². The van der Waals surface area contributed by atoms with Crippen molar-refractivity contribution in [1.82, 2.24) is 15.1 Å². The van der Waals surface area contributed by atoms with Gasteiger partial charge >= 0.3 is 0 Å². The molecule has 17 heavy (non-hydrogen) atoms. The Labute approximate surface area is 101 Å². The summed E-state index contributed by atoms with van der Waals surface area (Å²) in [5.41, 5.74) is 7.49. The van der Waals surface area contributed by atoms with Crippen LogP contribution in [0.3, 0.4) is 0 Å². The monoisotopic (exact) mass is 246 g/mol. The topological polar surface area (TPSA) is 77.8 Å². The Morgan fingerprint density at radius 1 is 1.47 bits per heavy atom. The average molecular weight is 246 g/mol. The van der Waals surface area contributed by atoms with Crippen LogP contribution in [0.5, 0.6) is 0 Å². The molecule has 0 amide bonds. The standard InChI is InChI=1S/C11H10N4OS/c1-6(12)11-14-10(15-16-11)7-4-9-8(13-5-7)2-3-17-9/h2-6H,12H2,1H3/t6-/m1/s1. The summed E-state index contributed by atoms with van der Waals surface area (Å²) in [5.74, 6) is 0.964. The van der Waals surface area contributed by atoms with Crippen molar-refractivity contribution in [2.45, 2.75) is 13.0 Å². The molecule has 0 aliphatic carbocycles. The van der Waals surface area contributed by atoms with Gasteiger partial charge in [-0.3, -0.25) is 4.98 Å². The maximum absolute atomic E-state index is 5.67. The Morgan fingerprint density at radius 3 is 3.12 bits per heavy atom. The molecule has 0 aromatic carbocycles. The first kappa shape index (κ1) is 10.4. The molecule has 3 aromatic rings. The molecule has 0 aliphatic rings. The van der Waals surface area contributed by atoms with Crippen LogP contribution in [0.15, 0.2) is 28.2 Å². The highest BCUT2D eigenvalue weighted by Crippen LogP contribution is 2.24. The van der Waals surface area contributed by atoms with Gasteiger partial charge in [0.2, 0.25) is 11.7 Å². The van der Waals surface area contributed by atoms with Crippen molar-refractivity contribution in [2.75, 3.05) is 0 Å². The molecule has 5 nitrogen and oxygen atoms in total. The first-order valence-electron chi connectivity index (χ1n) is 5.17. The average Bonchev–Trinajstić information content (AvgIpc) is 2.97. The summed E-state index contributed by atoms with van der Waals surface area (Å²) in [7, 11) is 0. The summed E-state index contributed by atoms with van der Waals surface area (Å²) < 4.78 is 6.17. The van der Waals surface area contributed by atoms with Crippen LogP contribution < -0.4 is 5.73 Å². The summed E-state index contributed by atoms with van der Waals surface area (Å²) in [6.07, 6.45) is 1.74. The van der Waals surface area contributed by atoms with E-state index in [0.29, 0.717) is 11.7 Å². The van der Waals surface area contributed by atoms with Gasteiger partial charge in [-0.05, 0) is 24.4 Å². The second kappa shape index (κ2) is 3.90. The minimum Gasteiger partial charge on any atom is -0.337 e. The number of nitrogens with two attached hydrogens (primary N) is 1.